The van der Waals surface area contributed by atoms with Crippen LogP contribution in [0.15, 0.2) is 36.7 Å². The summed E-state index contributed by atoms with van der Waals surface area (Å²) in [7, 11) is 0. The summed E-state index contributed by atoms with van der Waals surface area (Å²) in [5.74, 6) is 0.858. The van der Waals surface area contributed by atoms with Gasteiger partial charge in [0, 0.05) is 30.9 Å². The number of carbonyl (C=O) groups excluding carboxylic acids is 1. The highest BCUT2D eigenvalue weighted by Crippen LogP contribution is 2.25. The van der Waals surface area contributed by atoms with Gasteiger partial charge in [-0.3, -0.25) is 4.79 Å². The minimum Gasteiger partial charge on any atom is -0.352 e. The third-order valence-electron chi connectivity index (χ3n) is 3.18. The monoisotopic (exact) mass is 271 g/mol. The topological polar surface area (TPSA) is 57.8 Å². The van der Waals surface area contributed by atoms with Crippen LogP contribution in [0, 0.1) is 0 Å². The van der Waals surface area contributed by atoms with Crippen molar-refractivity contribution in [2.24, 2.45) is 0 Å². The molecule has 0 atom stereocenters. The molecule has 1 heterocycles. The average molecular weight is 271 g/mol. The lowest BCUT2D eigenvalue weighted by atomic mass is 9.83. The highest BCUT2D eigenvalue weighted by Gasteiger charge is 2.20. The highest BCUT2D eigenvalue weighted by molar-refractivity contribution is 5.96. The molecule has 0 fully saturated rings. The van der Waals surface area contributed by atoms with Crippen molar-refractivity contribution >= 4 is 5.91 Å². The maximum atomic E-state index is 12.3. The van der Waals surface area contributed by atoms with Crippen molar-refractivity contribution in [2.75, 3.05) is 6.54 Å². The Bertz CT molecular complexity index is 568. The van der Waals surface area contributed by atoms with Gasteiger partial charge in [0.15, 0.2) is 0 Å². The third-order valence-corrected chi connectivity index (χ3v) is 3.18. The molecule has 1 aromatic carbocycles. The molecular weight excluding hydrogens is 250 g/mol. The second-order valence-electron chi connectivity index (χ2n) is 5.84. The van der Waals surface area contributed by atoms with Crippen LogP contribution >= 0.6 is 0 Å². The maximum absolute atomic E-state index is 12.3. The average Bonchev–Trinajstić information content (AvgIpc) is 2.91. The second-order valence-corrected chi connectivity index (χ2v) is 5.84. The van der Waals surface area contributed by atoms with Crippen molar-refractivity contribution in [3.63, 3.8) is 0 Å². The molecule has 4 nitrogen and oxygen atoms in total. The number of imidazole rings is 1. The van der Waals surface area contributed by atoms with Crippen molar-refractivity contribution < 1.29 is 4.79 Å². The third kappa shape index (κ3) is 3.47. The van der Waals surface area contributed by atoms with Crippen LogP contribution in [-0.2, 0) is 11.8 Å². The Hall–Kier alpha value is -2.10. The Morgan fingerprint density at radius 2 is 2.05 bits per heavy atom. The van der Waals surface area contributed by atoms with Gasteiger partial charge in [0.1, 0.15) is 5.82 Å². The molecule has 4 heteroatoms. The highest BCUT2D eigenvalue weighted by atomic mass is 16.1. The molecule has 20 heavy (non-hydrogen) atoms. The Morgan fingerprint density at radius 1 is 1.30 bits per heavy atom. The van der Waals surface area contributed by atoms with Gasteiger partial charge in [0.2, 0.25) is 0 Å². The van der Waals surface area contributed by atoms with E-state index in [1.165, 1.54) is 0 Å². The van der Waals surface area contributed by atoms with Crippen LogP contribution in [0.2, 0.25) is 0 Å². The number of benzene rings is 1. The molecule has 0 bridgehead atoms. The molecule has 0 aliphatic rings. The number of rotatable bonds is 4. The Morgan fingerprint density at radius 3 is 2.70 bits per heavy atom. The number of hydrogen-bond acceptors (Lipinski definition) is 2. The Kier molecular flexibility index (Phi) is 4.23. The van der Waals surface area contributed by atoms with Gasteiger partial charge in [-0.2, -0.15) is 0 Å². The van der Waals surface area contributed by atoms with Gasteiger partial charge in [0.25, 0.3) is 5.91 Å². The van der Waals surface area contributed by atoms with E-state index in [9.17, 15) is 4.79 Å². The van der Waals surface area contributed by atoms with Gasteiger partial charge >= 0.3 is 0 Å². The number of carbonyl (C=O) groups is 1. The number of H-pyrrole nitrogens is 1. The molecule has 0 aliphatic heterocycles. The van der Waals surface area contributed by atoms with Crippen molar-refractivity contribution in [3.8, 4) is 0 Å². The second kappa shape index (κ2) is 5.90. The number of amides is 1. The molecule has 106 valence electrons. The zero-order valence-electron chi connectivity index (χ0n) is 12.2. The summed E-state index contributed by atoms with van der Waals surface area (Å²) in [5, 5.41) is 2.95. The van der Waals surface area contributed by atoms with Crippen LogP contribution in [-0.4, -0.2) is 22.4 Å². The maximum Gasteiger partial charge on any atom is 0.251 e. The molecule has 0 saturated carbocycles. The fraction of sp³-hybridized carbons (Fsp3) is 0.375. The number of aromatic amines is 1. The quantitative estimate of drug-likeness (QED) is 0.898. The van der Waals surface area contributed by atoms with E-state index in [4.69, 9.17) is 0 Å². The van der Waals surface area contributed by atoms with E-state index in [-0.39, 0.29) is 11.3 Å². The zero-order valence-corrected chi connectivity index (χ0v) is 12.2. The van der Waals surface area contributed by atoms with Crippen LogP contribution < -0.4 is 5.32 Å². The number of aromatic nitrogens is 2. The van der Waals surface area contributed by atoms with E-state index in [0.29, 0.717) is 13.0 Å². The first-order valence-electron chi connectivity index (χ1n) is 6.84. The summed E-state index contributed by atoms with van der Waals surface area (Å²) in [5.41, 5.74) is 1.77. The van der Waals surface area contributed by atoms with Gasteiger partial charge in [-0.25, -0.2) is 4.98 Å². The Labute approximate surface area is 119 Å². The lowest BCUT2D eigenvalue weighted by molar-refractivity contribution is 0.0952. The summed E-state index contributed by atoms with van der Waals surface area (Å²) in [6.45, 7) is 6.91. The van der Waals surface area contributed by atoms with E-state index < -0.39 is 0 Å². The lowest BCUT2D eigenvalue weighted by Gasteiger charge is -2.22. The first kappa shape index (κ1) is 14.3. The minimum atomic E-state index is -0.0467. The SMILES string of the molecule is CC(C)(C)c1ccccc1C(=O)NCCc1ncc[nH]1. The normalized spacial score (nSPS) is 11.3. The summed E-state index contributed by atoms with van der Waals surface area (Å²) in [6.07, 6.45) is 4.20. The lowest BCUT2D eigenvalue weighted by Crippen LogP contribution is -2.29. The fourth-order valence-electron chi connectivity index (χ4n) is 2.16. The smallest absolute Gasteiger partial charge is 0.251 e. The molecule has 0 aliphatic carbocycles. The van der Waals surface area contributed by atoms with E-state index in [0.717, 1.165) is 17.0 Å². The summed E-state index contributed by atoms with van der Waals surface area (Å²) < 4.78 is 0. The number of nitrogens with one attached hydrogen (secondary N) is 2. The van der Waals surface area contributed by atoms with Gasteiger partial charge in [-0.15, -0.1) is 0 Å². The molecule has 0 saturated heterocycles. The largest absolute Gasteiger partial charge is 0.352 e. The zero-order chi connectivity index (χ0) is 14.6. The molecular formula is C16H21N3O. The van der Waals surface area contributed by atoms with Gasteiger partial charge < -0.3 is 10.3 Å². The van der Waals surface area contributed by atoms with Gasteiger partial charge in [-0.05, 0) is 17.0 Å². The van der Waals surface area contributed by atoms with E-state index in [2.05, 4.69) is 36.1 Å². The fourth-order valence-corrected chi connectivity index (χ4v) is 2.16. The number of hydrogen-bond donors (Lipinski definition) is 2. The van der Waals surface area contributed by atoms with E-state index in [1.54, 1.807) is 12.4 Å². The van der Waals surface area contributed by atoms with Crippen molar-refractivity contribution in [3.05, 3.63) is 53.6 Å². The minimum absolute atomic E-state index is 0.0259. The molecule has 0 spiro atoms. The van der Waals surface area contributed by atoms with E-state index in [1.807, 2.05) is 24.3 Å². The van der Waals surface area contributed by atoms with Gasteiger partial charge in [-0.1, -0.05) is 39.0 Å². The Balaban J connectivity index is 2.02. The molecule has 0 radical (unpaired) electrons. The van der Waals surface area contributed by atoms with E-state index >= 15 is 0 Å². The number of nitrogens with zero attached hydrogens (tertiary/aromatic N) is 1. The predicted octanol–water partition coefficient (Wildman–Crippen LogP) is 2.68. The molecule has 0 unspecified atom stereocenters. The van der Waals surface area contributed by atoms with Crippen molar-refractivity contribution in [1.29, 1.82) is 0 Å². The predicted molar refractivity (Wildman–Crippen MR) is 79.8 cm³/mol. The molecule has 2 aromatic rings. The van der Waals surface area contributed by atoms with Crippen molar-refractivity contribution in [2.45, 2.75) is 32.6 Å². The first-order valence-corrected chi connectivity index (χ1v) is 6.84. The molecule has 2 N–H and O–H groups in total. The van der Waals surface area contributed by atoms with Crippen LogP contribution in [0.25, 0.3) is 0 Å². The van der Waals surface area contributed by atoms with Crippen LogP contribution in [0.3, 0.4) is 0 Å². The summed E-state index contributed by atoms with van der Waals surface area (Å²) >= 11 is 0. The summed E-state index contributed by atoms with van der Waals surface area (Å²) in [6, 6.07) is 7.77. The molecule has 2 rings (SSSR count). The van der Waals surface area contributed by atoms with Crippen LogP contribution in [0.1, 0.15) is 42.5 Å². The first-order chi connectivity index (χ1) is 9.48. The van der Waals surface area contributed by atoms with Gasteiger partial charge in [0.05, 0.1) is 0 Å². The molecule has 1 aromatic heterocycles. The standard InChI is InChI=1S/C16H21N3O/c1-16(2,3)13-7-5-4-6-12(13)15(20)19-9-8-14-17-10-11-18-14/h4-7,10-11H,8-9H2,1-3H3,(H,17,18)(H,19,20). The van der Waals surface area contributed by atoms with Crippen LogP contribution in [0.5, 0.6) is 0 Å². The summed E-state index contributed by atoms with van der Waals surface area (Å²) in [4.78, 5) is 19.5. The van der Waals surface area contributed by atoms with Crippen LogP contribution in [0.4, 0.5) is 0 Å². The molecule has 1 amide bonds. The van der Waals surface area contributed by atoms with Crippen molar-refractivity contribution in [1.82, 2.24) is 15.3 Å².